The molecule has 1 aliphatic heterocycles. The van der Waals surface area contributed by atoms with Crippen molar-refractivity contribution in [1.29, 1.82) is 0 Å². The number of hydrogen-bond acceptors (Lipinski definition) is 3. The zero-order chi connectivity index (χ0) is 11.7. The van der Waals surface area contributed by atoms with Crippen LogP contribution in [0.5, 0.6) is 0 Å². The van der Waals surface area contributed by atoms with Crippen molar-refractivity contribution in [3.05, 3.63) is 0 Å². The predicted octanol–water partition coefficient (Wildman–Crippen LogP) is 3.91. The van der Waals surface area contributed by atoms with Gasteiger partial charge in [0.25, 0.3) is 0 Å². The van der Waals surface area contributed by atoms with Crippen LogP contribution in [0.2, 0.25) is 19.6 Å². The highest BCUT2D eigenvalue weighted by Gasteiger charge is 2.46. The molecule has 0 spiro atoms. The van der Waals surface area contributed by atoms with Crippen molar-refractivity contribution < 1.29 is 4.52 Å². The summed E-state index contributed by atoms with van der Waals surface area (Å²) >= 11 is 7.69. The van der Waals surface area contributed by atoms with Gasteiger partial charge >= 0.3 is 0 Å². The Morgan fingerprint density at radius 2 is 2.07 bits per heavy atom. The second kappa shape index (κ2) is 5.19. The van der Waals surface area contributed by atoms with Gasteiger partial charge in [0, 0.05) is 11.8 Å². The molecule has 6 heteroatoms. The van der Waals surface area contributed by atoms with Gasteiger partial charge in [-0.3, -0.25) is 4.34 Å². The lowest BCUT2D eigenvalue weighted by Crippen LogP contribution is -2.47. The quantitative estimate of drug-likeness (QED) is 0.572. The molecule has 2 nitrogen and oxygen atoms in total. The maximum absolute atomic E-state index is 5.91. The average molecular weight is 283 g/mol. The van der Waals surface area contributed by atoms with Crippen LogP contribution in [-0.2, 0) is 16.3 Å². The molecular formula is C9H22NOPS2Si. The highest BCUT2D eigenvalue weighted by Crippen LogP contribution is 2.70. The average Bonchev–Trinajstić information content (AvgIpc) is 2.42. The van der Waals surface area contributed by atoms with Gasteiger partial charge in [-0.2, -0.15) is 0 Å². The fourth-order valence-corrected chi connectivity index (χ4v) is 17.3. The normalized spacial score (nSPS) is 33.5. The molecule has 1 fully saturated rings. The van der Waals surface area contributed by atoms with Crippen molar-refractivity contribution in [2.24, 2.45) is 0 Å². The first-order valence-corrected chi connectivity index (χ1v) is 13.2. The maximum atomic E-state index is 5.91. The topological polar surface area (TPSA) is 12.5 Å². The van der Waals surface area contributed by atoms with Crippen LogP contribution in [-0.4, -0.2) is 31.0 Å². The Labute approximate surface area is 104 Å². The molecular weight excluding hydrogens is 261 g/mol. The summed E-state index contributed by atoms with van der Waals surface area (Å²) in [4.78, 5) is 0. The molecule has 1 heterocycles. The van der Waals surface area contributed by atoms with Crippen LogP contribution in [0.25, 0.3) is 0 Å². The Morgan fingerprint density at radius 1 is 1.47 bits per heavy atom. The van der Waals surface area contributed by atoms with Crippen LogP contribution in [0, 0.1) is 0 Å². The van der Waals surface area contributed by atoms with Gasteiger partial charge in [0.1, 0.15) is 8.24 Å². The van der Waals surface area contributed by atoms with E-state index in [9.17, 15) is 0 Å². The van der Waals surface area contributed by atoms with Crippen LogP contribution in [0.3, 0.4) is 0 Å². The summed E-state index contributed by atoms with van der Waals surface area (Å²) in [6.45, 7) is 12.2. The van der Waals surface area contributed by atoms with E-state index in [1.54, 1.807) is 0 Å². The summed E-state index contributed by atoms with van der Waals surface area (Å²) in [5.41, 5.74) is -1.73. The zero-order valence-corrected chi connectivity index (χ0v) is 13.8. The van der Waals surface area contributed by atoms with Crippen molar-refractivity contribution in [1.82, 2.24) is 4.34 Å². The first-order valence-electron chi connectivity index (χ1n) is 5.54. The summed E-state index contributed by atoms with van der Waals surface area (Å²) in [5, 5.41) is 0. The molecule has 0 aliphatic carbocycles. The molecule has 0 bridgehead atoms. The van der Waals surface area contributed by atoms with Gasteiger partial charge in [-0.1, -0.05) is 37.9 Å². The third kappa shape index (κ3) is 3.08. The second-order valence-corrected chi connectivity index (χ2v) is 16.6. The van der Waals surface area contributed by atoms with Gasteiger partial charge in [-0.05, 0) is 25.2 Å². The molecule has 0 aromatic heterocycles. The first kappa shape index (κ1) is 14.2. The van der Waals surface area contributed by atoms with E-state index in [1.807, 2.05) is 11.4 Å². The maximum Gasteiger partial charge on any atom is 0.182 e. The second-order valence-electron chi connectivity index (χ2n) is 4.76. The lowest BCUT2D eigenvalue weighted by Gasteiger charge is -2.39. The van der Waals surface area contributed by atoms with E-state index >= 15 is 0 Å². The standard InChI is InChI=1S/C9H22NOPS2Si/c1-6-9-8-14-12(13,11-7-2)10(9)15(3,4)5/h9H,6-8H2,1-5H3. The SMILES string of the molecule is CCOP1(=S)SCC(CC)N1[Si](C)(C)C. The van der Waals surface area contributed by atoms with Crippen LogP contribution >= 0.6 is 17.0 Å². The summed E-state index contributed by atoms with van der Waals surface area (Å²) < 4.78 is 8.51. The van der Waals surface area contributed by atoms with Gasteiger partial charge < -0.3 is 4.52 Å². The summed E-state index contributed by atoms with van der Waals surface area (Å²) in [7, 11) is -1.35. The van der Waals surface area contributed by atoms with E-state index in [2.05, 4.69) is 37.8 Å². The monoisotopic (exact) mass is 283 g/mol. The van der Waals surface area contributed by atoms with Crippen LogP contribution in [0.4, 0.5) is 0 Å². The van der Waals surface area contributed by atoms with Gasteiger partial charge in [0.05, 0.1) is 6.61 Å². The van der Waals surface area contributed by atoms with Crippen molar-refractivity contribution in [3.8, 4) is 0 Å². The van der Waals surface area contributed by atoms with E-state index in [0.717, 1.165) is 12.4 Å². The van der Waals surface area contributed by atoms with Gasteiger partial charge in [-0.25, -0.2) is 0 Å². The van der Waals surface area contributed by atoms with E-state index in [0.29, 0.717) is 6.04 Å². The Kier molecular flexibility index (Phi) is 4.92. The number of nitrogens with zero attached hydrogens (tertiary/aromatic N) is 1. The molecule has 1 aliphatic rings. The van der Waals surface area contributed by atoms with E-state index in [1.165, 1.54) is 6.42 Å². The zero-order valence-electron chi connectivity index (χ0n) is 10.3. The van der Waals surface area contributed by atoms with E-state index in [-0.39, 0.29) is 0 Å². The van der Waals surface area contributed by atoms with Crippen molar-refractivity contribution in [2.75, 3.05) is 12.4 Å². The minimum Gasteiger partial charge on any atom is -0.331 e. The largest absolute Gasteiger partial charge is 0.331 e. The Bertz CT molecular complexity index is 269. The molecule has 1 saturated heterocycles. The minimum absolute atomic E-state index is 0.652. The lowest BCUT2D eigenvalue weighted by atomic mass is 10.3. The third-order valence-corrected chi connectivity index (χ3v) is 14.1. The van der Waals surface area contributed by atoms with Crippen molar-refractivity contribution in [2.45, 2.75) is 46.0 Å². The molecule has 2 unspecified atom stereocenters. The van der Waals surface area contributed by atoms with Gasteiger partial charge in [-0.15, -0.1) is 0 Å². The van der Waals surface area contributed by atoms with Crippen molar-refractivity contribution >= 4 is 37.0 Å². The van der Waals surface area contributed by atoms with Crippen LogP contribution in [0.15, 0.2) is 0 Å². The molecule has 2 atom stereocenters. The molecule has 0 saturated carbocycles. The highest BCUT2D eigenvalue weighted by atomic mass is 32.9. The molecule has 0 radical (unpaired) electrons. The fraction of sp³-hybridized carbons (Fsp3) is 1.00. The fourth-order valence-electron chi connectivity index (χ4n) is 1.98. The molecule has 0 aromatic rings. The molecule has 15 heavy (non-hydrogen) atoms. The predicted molar refractivity (Wildman–Crippen MR) is 77.6 cm³/mol. The Morgan fingerprint density at radius 3 is 2.47 bits per heavy atom. The van der Waals surface area contributed by atoms with Crippen LogP contribution < -0.4 is 0 Å². The van der Waals surface area contributed by atoms with Crippen LogP contribution in [0.1, 0.15) is 20.3 Å². The molecule has 1 rings (SSSR count). The minimum atomic E-state index is -1.73. The summed E-state index contributed by atoms with van der Waals surface area (Å²) in [6.07, 6.45) is 1.20. The molecule has 0 aromatic carbocycles. The highest BCUT2D eigenvalue weighted by molar-refractivity contribution is 8.69. The first-order chi connectivity index (χ1) is 6.85. The Balaban J connectivity index is 2.96. The van der Waals surface area contributed by atoms with Gasteiger partial charge in [0.15, 0.2) is 5.62 Å². The molecule has 90 valence electrons. The number of hydrogen-bond donors (Lipinski definition) is 0. The third-order valence-electron chi connectivity index (χ3n) is 2.49. The van der Waals surface area contributed by atoms with Gasteiger partial charge in [0.2, 0.25) is 0 Å². The Hall–Kier alpha value is 1.14. The summed E-state index contributed by atoms with van der Waals surface area (Å²) in [5.74, 6) is 1.16. The van der Waals surface area contributed by atoms with Crippen molar-refractivity contribution in [3.63, 3.8) is 0 Å². The van der Waals surface area contributed by atoms with E-state index < -0.39 is 13.9 Å². The molecule has 0 N–H and O–H groups in total. The molecule has 0 amide bonds. The van der Waals surface area contributed by atoms with E-state index in [4.69, 9.17) is 16.3 Å². The number of rotatable bonds is 4. The lowest BCUT2D eigenvalue weighted by molar-refractivity contribution is 0.350. The smallest absolute Gasteiger partial charge is 0.182 e. The summed E-state index contributed by atoms with van der Waals surface area (Å²) in [6, 6.07) is 0.652.